The molecule has 0 aliphatic carbocycles. The summed E-state index contributed by atoms with van der Waals surface area (Å²) < 4.78 is 0. The van der Waals surface area contributed by atoms with Crippen LogP contribution in [0.5, 0.6) is 0 Å². The summed E-state index contributed by atoms with van der Waals surface area (Å²) in [6.07, 6.45) is 3.46. The number of hydrogen-bond acceptors (Lipinski definition) is 7. The Hall–Kier alpha value is -1.21. The molecule has 5 nitrogen and oxygen atoms in total. The van der Waals surface area contributed by atoms with E-state index in [2.05, 4.69) is 25.5 Å². The van der Waals surface area contributed by atoms with Gasteiger partial charge < -0.3 is 5.32 Å². The number of rotatable bonds is 4. The first-order valence-electron chi connectivity index (χ1n) is 4.28. The third-order valence-electron chi connectivity index (χ3n) is 1.55. The fraction of sp³-hybridized carbons (Fsp3) is 0.250. The molecule has 0 spiro atoms. The van der Waals surface area contributed by atoms with E-state index in [4.69, 9.17) is 0 Å². The van der Waals surface area contributed by atoms with Gasteiger partial charge in [0.2, 0.25) is 5.13 Å². The molecule has 0 saturated carbocycles. The predicted molar refractivity (Wildman–Crippen MR) is 61.0 cm³/mol. The minimum atomic E-state index is 0.753. The van der Waals surface area contributed by atoms with Gasteiger partial charge in [-0.3, -0.25) is 0 Å². The van der Waals surface area contributed by atoms with Crippen LogP contribution >= 0.6 is 23.1 Å². The van der Waals surface area contributed by atoms with Gasteiger partial charge in [0, 0.05) is 19.4 Å². The zero-order chi connectivity index (χ0) is 10.5. The molecule has 0 radical (unpaired) electrons. The van der Waals surface area contributed by atoms with E-state index in [9.17, 15) is 0 Å². The maximum atomic E-state index is 4.11. The molecule has 0 bridgehead atoms. The van der Waals surface area contributed by atoms with Crippen molar-refractivity contribution in [3.05, 3.63) is 23.5 Å². The van der Waals surface area contributed by atoms with Crippen molar-refractivity contribution in [2.45, 2.75) is 10.9 Å². The standard InChI is InChI=1S/C8H9N5S2/c1-9-7-13-12-6(15-7)5-14-8-10-3-2-4-11-8/h2-4H,5H2,1H3,(H,9,13). The van der Waals surface area contributed by atoms with Gasteiger partial charge in [0.1, 0.15) is 5.01 Å². The zero-order valence-electron chi connectivity index (χ0n) is 8.04. The lowest BCUT2D eigenvalue weighted by molar-refractivity contribution is 0.963. The second-order valence-corrected chi connectivity index (χ2v) is 4.58. The van der Waals surface area contributed by atoms with Gasteiger partial charge in [-0.15, -0.1) is 10.2 Å². The largest absolute Gasteiger partial charge is 0.363 e. The molecule has 1 N–H and O–H groups in total. The lowest BCUT2D eigenvalue weighted by atomic mass is 10.7. The maximum Gasteiger partial charge on any atom is 0.205 e. The van der Waals surface area contributed by atoms with Gasteiger partial charge in [-0.2, -0.15) is 0 Å². The lowest BCUT2D eigenvalue weighted by Gasteiger charge is -1.94. The molecule has 78 valence electrons. The van der Waals surface area contributed by atoms with Crippen molar-refractivity contribution in [2.24, 2.45) is 0 Å². The summed E-state index contributed by atoms with van der Waals surface area (Å²) in [4.78, 5) is 8.23. The van der Waals surface area contributed by atoms with Gasteiger partial charge in [-0.1, -0.05) is 23.1 Å². The molecule has 0 amide bonds. The molecule has 7 heteroatoms. The maximum absolute atomic E-state index is 4.11. The van der Waals surface area contributed by atoms with Crippen LogP contribution in [-0.4, -0.2) is 27.2 Å². The molecule has 2 aromatic rings. The summed E-state index contributed by atoms with van der Waals surface area (Å²) in [5.74, 6) is 0.753. The molecule has 0 aliphatic heterocycles. The minimum Gasteiger partial charge on any atom is -0.363 e. The van der Waals surface area contributed by atoms with Crippen molar-refractivity contribution in [1.82, 2.24) is 20.2 Å². The van der Waals surface area contributed by atoms with Crippen LogP contribution in [-0.2, 0) is 5.75 Å². The van der Waals surface area contributed by atoms with E-state index >= 15 is 0 Å². The first-order valence-corrected chi connectivity index (χ1v) is 6.08. The molecular formula is C8H9N5S2. The van der Waals surface area contributed by atoms with Crippen LogP contribution in [0, 0.1) is 0 Å². The van der Waals surface area contributed by atoms with E-state index in [1.165, 1.54) is 0 Å². The first-order chi connectivity index (χ1) is 7.38. The summed E-state index contributed by atoms with van der Waals surface area (Å²) in [6, 6.07) is 1.80. The summed E-state index contributed by atoms with van der Waals surface area (Å²) in [6.45, 7) is 0. The van der Waals surface area contributed by atoms with Crippen LogP contribution in [0.4, 0.5) is 5.13 Å². The Bertz CT molecular complexity index is 416. The topological polar surface area (TPSA) is 63.6 Å². The van der Waals surface area contributed by atoms with Crippen molar-refractivity contribution in [1.29, 1.82) is 0 Å². The van der Waals surface area contributed by atoms with Crippen LogP contribution in [0.3, 0.4) is 0 Å². The number of hydrogen-bond donors (Lipinski definition) is 1. The molecule has 15 heavy (non-hydrogen) atoms. The molecule has 0 fully saturated rings. The monoisotopic (exact) mass is 239 g/mol. The third-order valence-corrected chi connectivity index (χ3v) is 3.56. The molecule has 0 aliphatic rings. The van der Waals surface area contributed by atoms with Crippen molar-refractivity contribution >= 4 is 28.2 Å². The molecule has 0 saturated heterocycles. The van der Waals surface area contributed by atoms with Gasteiger partial charge in [0.15, 0.2) is 5.16 Å². The van der Waals surface area contributed by atoms with Gasteiger partial charge in [-0.05, 0) is 6.07 Å². The van der Waals surface area contributed by atoms with Crippen molar-refractivity contribution < 1.29 is 0 Å². The number of nitrogens with one attached hydrogen (secondary N) is 1. The Morgan fingerprint density at radius 1 is 1.33 bits per heavy atom. The van der Waals surface area contributed by atoms with E-state index in [0.29, 0.717) is 0 Å². The quantitative estimate of drug-likeness (QED) is 0.646. The molecule has 2 aromatic heterocycles. The fourth-order valence-electron chi connectivity index (χ4n) is 0.899. The highest BCUT2D eigenvalue weighted by Crippen LogP contribution is 2.22. The van der Waals surface area contributed by atoms with Crippen molar-refractivity contribution in [3.63, 3.8) is 0 Å². The van der Waals surface area contributed by atoms with E-state index in [-0.39, 0.29) is 0 Å². The van der Waals surface area contributed by atoms with E-state index in [0.717, 1.165) is 21.0 Å². The second kappa shape index (κ2) is 5.04. The SMILES string of the molecule is CNc1nnc(CSc2ncccn2)s1. The first kappa shape index (κ1) is 10.3. The highest BCUT2D eigenvalue weighted by Gasteiger charge is 2.04. The summed E-state index contributed by atoms with van der Waals surface area (Å²) >= 11 is 3.10. The van der Waals surface area contributed by atoms with Gasteiger partial charge >= 0.3 is 0 Å². The molecule has 0 aromatic carbocycles. The molecule has 2 rings (SSSR count). The van der Waals surface area contributed by atoms with Gasteiger partial charge in [-0.25, -0.2) is 9.97 Å². The highest BCUT2D eigenvalue weighted by molar-refractivity contribution is 7.98. The minimum absolute atomic E-state index is 0.753. The molecular weight excluding hydrogens is 230 g/mol. The van der Waals surface area contributed by atoms with Crippen molar-refractivity contribution in [2.75, 3.05) is 12.4 Å². The predicted octanol–water partition coefficient (Wildman–Crippen LogP) is 1.66. The number of aromatic nitrogens is 4. The van der Waals surface area contributed by atoms with E-state index in [1.807, 2.05) is 7.05 Å². The van der Waals surface area contributed by atoms with Gasteiger partial charge in [0.25, 0.3) is 0 Å². The Labute approximate surface area is 95.4 Å². The molecule has 0 unspecified atom stereocenters. The highest BCUT2D eigenvalue weighted by atomic mass is 32.2. The fourth-order valence-corrected chi connectivity index (χ4v) is 2.38. The third kappa shape index (κ3) is 2.87. The Balaban J connectivity index is 1.93. The zero-order valence-corrected chi connectivity index (χ0v) is 9.68. The van der Waals surface area contributed by atoms with E-state index in [1.54, 1.807) is 41.6 Å². The Kier molecular flexibility index (Phi) is 3.46. The number of anilines is 1. The molecule has 0 atom stereocenters. The van der Waals surface area contributed by atoms with Crippen LogP contribution in [0.1, 0.15) is 5.01 Å². The average Bonchev–Trinajstić information content (AvgIpc) is 2.76. The summed E-state index contributed by atoms with van der Waals surface area (Å²) in [7, 11) is 1.83. The second-order valence-electron chi connectivity index (χ2n) is 2.57. The van der Waals surface area contributed by atoms with Crippen LogP contribution in [0.2, 0.25) is 0 Å². The number of thioether (sulfide) groups is 1. The van der Waals surface area contributed by atoms with Crippen LogP contribution in [0.25, 0.3) is 0 Å². The van der Waals surface area contributed by atoms with Gasteiger partial charge in [0.05, 0.1) is 5.75 Å². The summed E-state index contributed by atoms with van der Waals surface area (Å²) in [5.41, 5.74) is 0. The van der Waals surface area contributed by atoms with Crippen LogP contribution in [0.15, 0.2) is 23.6 Å². The van der Waals surface area contributed by atoms with E-state index < -0.39 is 0 Å². The normalized spacial score (nSPS) is 10.2. The lowest BCUT2D eigenvalue weighted by Crippen LogP contribution is -1.85. The average molecular weight is 239 g/mol. The molecule has 2 heterocycles. The smallest absolute Gasteiger partial charge is 0.205 e. The van der Waals surface area contributed by atoms with Crippen LogP contribution < -0.4 is 5.32 Å². The summed E-state index contributed by atoms with van der Waals surface area (Å²) in [5, 5.41) is 13.5. The number of nitrogens with zero attached hydrogens (tertiary/aromatic N) is 4. The van der Waals surface area contributed by atoms with Crippen molar-refractivity contribution in [3.8, 4) is 0 Å². The Morgan fingerprint density at radius 3 is 2.80 bits per heavy atom. The Morgan fingerprint density at radius 2 is 2.13 bits per heavy atom.